The lowest BCUT2D eigenvalue weighted by Gasteiger charge is -2.04. The Labute approximate surface area is 138 Å². The molecule has 0 amide bonds. The summed E-state index contributed by atoms with van der Waals surface area (Å²) < 4.78 is 10.8. The Bertz CT molecular complexity index is 774. The van der Waals surface area contributed by atoms with Crippen molar-refractivity contribution in [3.63, 3.8) is 0 Å². The number of aromatic nitrogens is 3. The number of nitrogens with zero attached hydrogens (tertiary/aromatic N) is 3. The molecule has 0 aliphatic rings. The predicted molar refractivity (Wildman–Crippen MR) is 88.0 cm³/mol. The van der Waals surface area contributed by atoms with Gasteiger partial charge in [0.25, 0.3) is 0 Å². The molecule has 0 bridgehead atoms. The molecule has 23 heavy (non-hydrogen) atoms. The summed E-state index contributed by atoms with van der Waals surface area (Å²) in [6.45, 7) is 2.78. The fourth-order valence-corrected chi connectivity index (χ4v) is 2.09. The van der Waals surface area contributed by atoms with Gasteiger partial charge in [-0.05, 0) is 48.4 Å². The van der Waals surface area contributed by atoms with Gasteiger partial charge in [-0.3, -0.25) is 0 Å². The molecule has 7 heteroatoms. The molecule has 3 rings (SSSR count). The molecule has 3 aromatic rings. The molecule has 2 heterocycles. The zero-order valence-electron chi connectivity index (χ0n) is 12.5. The van der Waals surface area contributed by atoms with Crippen LogP contribution in [0.2, 0.25) is 5.28 Å². The molecule has 118 valence electrons. The maximum atomic E-state index is 5.74. The first-order chi connectivity index (χ1) is 11.2. The van der Waals surface area contributed by atoms with Crippen molar-refractivity contribution >= 4 is 23.3 Å². The number of hydrogen-bond acceptors (Lipinski definition) is 6. The molecule has 0 radical (unpaired) electrons. The molecule has 0 fully saturated rings. The van der Waals surface area contributed by atoms with Gasteiger partial charge >= 0.3 is 0 Å². The molecule has 0 saturated heterocycles. The van der Waals surface area contributed by atoms with Crippen molar-refractivity contribution in [2.45, 2.75) is 13.3 Å². The van der Waals surface area contributed by atoms with E-state index in [-0.39, 0.29) is 5.28 Å². The van der Waals surface area contributed by atoms with E-state index in [4.69, 9.17) is 20.9 Å². The van der Waals surface area contributed by atoms with Gasteiger partial charge in [0.05, 0.1) is 6.61 Å². The summed E-state index contributed by atoms with van der Waals surface area (Å²) >= 11 is 5.74. The van der Waals surface area contributed by atoms with E-state index in [9.17, 15) is 0 Å². The summed E-state index contributed by atoms with van der Waals surface area (Å²) in [5, 5.41) is 7.19. The van der Waals surface area contributed by atoms with Crippen LogP contribution < -0.4 is 10.1 Å². The van der Waals surface area contributed by atoms with Gasteiger partial charge in [-0.15, -0.1) is 0 Å². The molecule has 0 spiro atoms. The molecule has 1 aromatic carbocycles. The Kier molecular flexibility index (Phi) is 4.73. The largest absolute Gasteiger partial charge is 0.494 e. The van der Waals surface area contributed by atoms with Crippen molar-refractivity contribution in [3.05, 3.63) is 47.9 Å². The van der Waals surface area contributed by atoms with E-state index in [1.54, 1.807) is 18.3 Å². The van der Waals surface area contributed by atoms with Gasteiger partial charge in [0.2, 0.25) is 11.2 Å². The molecular weight excluding hydrogens is 316 g/mol. The topological polar surface area (TPSA) is 73.1 Å². The minimum Gasteiger partial charge on any atom is -0.494 e. The maximum absolute atomic E-state index is 5.74. The van der Waals surface area contributed by atoms with Crippen molar-refractivity contribution in [3.8, 4) is 17.0 Å². The van der Waals surface area contributed by atoms with Gasteiger partial charge in [-0.1, -0.05) is 12.1 Å². The van der Waals surface area contributed by atoms with E-state index in [2.05, 4.69) is 27.4 Å². The first-order valence-electron chi connectivity index (χ1n) is 7.20. The van der Waals surface area contributed by atoms with Crippen LogP contribution in [0.5, 0.6) is 5.75 Å². The normalized spacial score (nSPS) is 10.5. The zero-order chi connectivity index (χ0) is 16.1. The van der Waals surface area contributed by atoms with Gasteiger partial charge < -0.3 is 14.6 Å². The molecule has 1 N–H and O–H groups in total. The second-order valence-electron chi connectivity index (χ2n) is 4.79. The Balaban J connectivity index is 1.71. The highest BCUT2D eigenvalue weighted by Crippen LogP contribution is 2.25. The summed E-state index contributed by atoms with van der Waals surface area (Å²) in [5.41, 5.74) is 1.65. The minimum absolute atomic E-state index is 0.164. The van der Waals surface area contributed by atoms with Gasteiger partial charge in [-0.2, -0.15) is 0 Å². The van der Waals surface area contributed by atoms with Crippen molar-refractivity contribution in [2.75, 3.05) is 11.9 Å². The number of benzene rings is 1. The number of ether oxygens (including phenoxy) is 1. The van der Waals surface area contributed by atoms with Crippen LogP contribution in [0.4, 0.5) is 11.7 Å². The number of nitrogens with one attached hydrogen (secondary N) is 1. The second kappa shape index (κ2) is 7.11. The lowest BCUT2D eigenvalue weighted by molar-refractivity contribution is 0.317. The second-order valence-corrected chi connectivity index (χ2v) is 5.12. The molecule has 2 aromatic heterocycles. The SMILES string of the molecule is CCCOc1ccc(-c2cc(Nc3ccnc(Cl)n3)on2)cc1. The molecule has 0 atom stereocenters. The van der Waals surface area contributed by atoms with Crippen LogP contribution in [-0.4, -0.2) is 21.7 Å². The lowest BCUT2D eigenvalue weighted by Crippen LogP contribution is -1.94. The van der Waals surface area contributed by atoms with Crippen LogP contribution in [0, 0.1) is 0 Å². The highest BCUT2D eigenvalue weighted by Gasteiger charge is 2.08. The van der Waals surface area contributed by atoms with E-state index >= 15 is 0 Å². The smallest absolute Gasteiger partial charge is 0.230 e. The molecule has 0 aliphatic heterocycles. The fourth-order valence-electron chi connectivity index (χ4n) is 1.94. The minimum atomic E-state index is 0.164. The maximum Gasteiger partial charge on any atom is 0.230 e. The Morgan fingerprint density at radius 3 is 2.78 bits per heavy atom. The monoisotopic (exact) mass is 330 g/mol. The van der Waals surface area contributed by atoms with Crippen LogP contribution >= 0.6 is 11.6 Å². The average molecular weight is 331 g/mol. The molecular formula is C16H15ClN4O2. The molecule has 0 saturated carbocycles. The quantitative estimate of drug-likeness (QED) is 0.679. The first-order valence-corrected chi connectivity index (χ1v) is 7.58. The number of halogens is 1. The Morgan fingerprint density at radius 1 is 1.22 bits per heavy atom. The highest BCUT2D eigenvalue weighted by molar-refractivity contribution is 6.28. The third kappa shape index (κ3) is 3.98. The fraction of sp³-hybridized carbons (Fsp3) is 0.188. The van der Waals surface area contributed by atoms with Crippen LogP contribution in [-0.2, 0) is 0 Å². The van der Waals surface area contributed by atoms with Gasteiger partial charge in [0.1, 0.15) is 17.3 Å². The standard InChI is InChI=1S/C16H15ClN4O2/c1-2-9-22-12-5-3-11(4-6-12)13-10-15(23-21-13)19-14-7-8-18-16(17)20-14/h3-8,10H,2,9H2,1H3,(H,18,19,20). The third-order valence-electron chi connectivity index (χ3n) is 3.01. The van der Waals surface area contributed by atoms with Gasteiger partial charge in [0.15, 0.2) is 0 Å². The molecule has 6 nitrogen and oxygen atoms in total. The van der Waals surface area contributed by atoms with Crippen molar-refractivity contribution in [1.29, 1.82) is 0 Å². The van der Waals surface area contributed by atoms with E-state index in [0.29, 0.717) is 18.3 Å². The van der Waals surface area contributed by atoms with Gasteiger partial charge in [0, 0.05) is 17.8 Å². The summed E-state index contributed by atoms with van der Waals surface area (Å²) in [5.74, 6) is 1.85. The number of hydrogen-bond donors (Lipinski definition) is 1. The first kappa shape index (κ1) is 15.3. The highest BCUT2D eigenvalue weighted by atomic mass is 35.5. The van der Waals surface area contributed by atoms with E-state index in [1.807, 2.05) is 24.3 Å². The van der Waals surface area contributed by atoms with Gasteiger partial charge in [-0.25, -0.2) is 9.97 Å². The summed E-state index contributed by atoms with van der Waals surface area (Å²) in [4.78, 5) is 7.85. The Morgan fingerprint density at radius 2 is 2.04 bits per heavy atom. The third-order valence-corrected chi connectivity index (χ3v) is 3.19. The van der Waals surface area contributed by atoms with E-state index < -0.39 is 0 Å². The molecule has 0 unspecified atom stereocenters. The van der Waals surface area contributed by atoms with E-state index in [0.717, 1.165) is 23.4 Å². The van der Waals surface area contributed by atoms with Crippen molar-refractivity contribution in [2.24, 2.45) is 0 Å². The van der Waals surface area contributed by atoms with Crippen molar-refractivity contribution < 1.29 is 9.26 Å². The summed E-state index contributed by atoms with van der Waals surface area (Å²) in [6, 6.07) is 11.2. The number of anilines is 2. The predicted octanol–water partition coefficient (Wildman–Crippen LogP) is 4.32. The van der Waals surface area contributed by atoms with Crippen LogP contribution in [0.15, 0.2) is 47.1 Å². The van der Waals surface area contributed by atoms with Crippen LogP contribution in [0.25, 0.3) is 11.3 Å². The average Bonchev–Trinajstić information content (AvgIpc) is 3.02. The summed E-state index contributed by atoms with van der Waals surface area (Å²) in [7, 11) is 0. The van der Waals surface area contributed by atoms with E-state index in [1.165, 1.54) is 0 Å². The molecule has 0 aliphatic carbocycles. The van der Waals surface area contributed by atoms with Crippen LogP contribution in [0.1, 0.15) is 13.3 Å². The zero-order valence-corrected chi connectivity index (χ0v) is 13.2. The number of rotatable bonds is 6. The summed E-state index contributed by atoms with van der Waals surface area (Å²) in [6.07, 6.45) is 2.54. The Hall–Kier alpha value is -2.60. The lowest BCUT2D eigenvalue weighted by atomic mass is 10.1. The van der Waals surface area contributed by atoms with Crippen LogP contribution in [0.3, 0.4) is 0 Å². The van der Waals surface area contributed by atoms with Crippen molar-refractivity contribution in [1.82, 2.24) is 15.1 Å².